The summed E-state index contributed by atoms with van der Waals surface area (Å²) in [5, 5.41) is 0. The van der Waals surface area contributed by atoms with Crippen LogP contribution in [-0.4, -0.2) is 25.3 Å². The molecule has 0 aliphatic rings. The molecule has 0 bridgehead atoms. The van der Waals surface area contributed by atoms with Gasteiger partial charge in [-0.2, -0.15) is 0 Å². The van der Waals surface area contributed by atoms with Gasteiger partial charge < -0.3 is 9.47 Å². The van der Waals surface area contributed by atoms with Crippen molar-refractivity contribution >= 4 is 5.78 Å². The minimum Gasteiger partial charge on any atom is -0.352 e. The Morgan fingerprint density at radius 3 is 2.11 bits per heavy atom. The molecule has 0 radical (unpaired) electrons. The van der Waals surface area contributed by atoms with Gasteiger partial charge in [0.25, 0.3) is 0 Å². The number of halogens is 2. The van der Waals surface area contributed by atoms with Crippen molar-refractivity contribution in [3.63, 3.8) is 0 Å². The van der Waals surface area contributed by atoms with Crippen molar-refractivity contribution in [1.29, 1.82) is 0 Å². The fraction of sp³-hybridized carbons (Fsp3) is 0.462. The van der Waals surface area contributed by atoms with E-state index in [1.165, 1.54) is 6.07 Å². The normalized spacial score (nSPS) is 10.9. The van der Waals surface area contributed by atoms with E-state index in [1.54, 1.807) is 13.8 Å². The van der Waals surface area contributed by atoms with Crippen LogP contribution >= 0.6 is 0 Å². The molecule has 0 aliphatic carbocycles. The Morgan fingerprint density at radius 2 is 1.67 bits per heavy atom. The molecule has 0 N–H and O–H groups in total. The maximum atomic E-state index is 13.4. The third-order valence-corrected chi connectivity index (χ3v) is 2.30. The second-order valence-corrected chi connectivity index (χ2v) is 3.56. The van der Waals surface area contributed by atoms with Crippen molar-refractivity contribution in [2.45, 2.75) is 26.6 Å². The highest BCUT2D eigenvalue weighted by Crippen LogP contribution is 2.16. The Labute approximate surface area is 105 Å². The molecule has 0 heterocycles. The van der Waals surface area contributed by atoms with Crippen LogP contribution in [-0.2, 0) is 9.47 Å². The van der Waals surface area contributed by atoms with E-state index in [1.807, 2.05) is 0 Å². The van der Waals surface area contributed by atoms with E-state index >= 15 is 0 Å². The molecular formula is C13H16F2O3. The first-order chi connectivity index (χ1) is 8.60. The molecule has 100 valence electrons. The second kappa shape index (κ2) is 7.18. The average molecular weight is 258 g/mol. The topological polar surface area (TPSA) is 35.5 Å². The van der Waals surface area contributed by atoms with Crippen molar-refractivity contribution in [3.8, 4) is 0 Å². The fourth-order valence-electron chi connectivity index (χ4n) is 1.56. The monoisotopic (exact) mass is 258 g/mol. The molecule has 0 atom stereocenters. The van der Waals surface area contributed by atoms with Crippen LogP contribution in [0.4, 0.5) is 8.78 Å². The highest BCUT2D eigenvalue weighted by Gasteiger charge is 2.21. The molecule has 5 heteroatoms. The van der Waals surface area contributed by atoms with E-state index in [-0.39, 0.29) is 6.42 Å². The number of carbonyl (C=O) groups excluding carboxylic acids is 1. The van der Waals surface area contributed by atoms with Crippen molar-refractivity contribution in [3.05, 3.63) is 35.4 Å². The molecule has 0 saturated heterocycles. The van der Waals surface area contributed by atoms with Gasteiger partial charge in [0.2, 0.25) is 0 Å². The van der Waals surface area contributed by atoms with Gasteiger partial charge in [0, 0.05) is 13.2 Å². The lowest BCUT2D eigenvalue weighted by molar-refractivity contribution is -0.133. The summed E-state index contributed by atoms with van der Waals surface area (Å²) < 4.78 is 37.1. The third kappa shape index (κ3) is 3.85. The minimum atomic E-state index is -0.869. The van der Waals surface area contributed by atoms with Crippen LogP contribution in [0.2, 0.25) is 0 Å². The highest BCUT2D eigenvalue weighted by molar-refractivity contribution is 5.96. The van der Waals surface area contributed by atoms with Gasteiger partial charge in [-0.15, -0.1) is 0 Å². The van der Waals surface area contributed by atoms with E-state index < -0.39 is 29.3 Å². The van der Waals surface area contributed by atoms with E-state index in [4.69, 9.17) is 9.47 Å². The molecule has 0 amide bonds. The van der Waals surface area contributed by atoms with Gasteiger partial charge in [0.05, 0.1) is 12.0 Å². The summed E-state index contributed by atoms with van der Waals surface area (Å²) in [5.74, 6) is -2.41. The molecule has 1 aromatic rings. The number of hydrogen-bond donors (Lipinski definition) is 0. The molecule has 0 fully saturated rings. The summed E-state index contributed by atoms with van der Waals surface area (Å²) in [5.41, 5.74) is -0.540. The molecule has 3 nitrogen and oxygen atoms in total. The summed E-state index contributed by atoms with van der Waals surface area (Å²) in [6.07, 6.45) is -0.981. The van der Waals surface area contributed by atoms with Crippen LogP contribution in [0.15, 0.2) is 18.2 Å². The Hall–Kier alpha value is -1.33. The average Bonchev–Trinajstić information content (AvgIpc) is 2.29. The predicted octanol–water partition coefficient (Wildman–Crippen LogP) is 2.94. The Kier molecular flexibility index (Phi) is 5.88. The largest absolute Gasteiger partial charge is 0.352 e. The Balaban J connectivity index is 2.80. The summed E-state index contributed by atoms with van der Waals surface area (Å²) >= 11 is 0. The van der Waals surface area contributed by atoms with Crippen molar-refractivity contribution < 1.29 is 23.0 Å². The standard InChI is InChI=1S/C13H16F2O3/c1-3-17-12(18-4-2)8-11(16)13-9(14)6-5-7-10(13)15/h5-7,12H,3-4,8H2,1-2H3. The molecule has 1 aromatic carbocycles. The number of carbonyl (C=O) groups is 1. The first-order valence-electron chi connectivity index (χ1n) is 5.80. The molecule has 0 spiro atoms. The lowest BCUT2D eigenvalue weighted by Gasteiger charge is -2.16. The second-order valence-electron chi connectivity index (χ2n) is 3.56. The highest BCUT2D eigenvalue weighted by atomic mass is 19.1. The molecule has 0 unspecified atom stereocenters. The summed E-state index contributed by atoms with van der Waals surface area (Å²) in [4.78, 5) is 11.8. The molecular weight excluding hydrogens is 242 g/mol. The van der Waals surface area contributed by atoms with Gasteiger partial charge in [-0.05, 0) is 26.0 Å². The zero-order valence-corrected chi connectivity index (χ0v) is 10.4. The molecule has 0 aliphatic heterocycles. The van der Waals surface area contributed by atoms with Gasteiger partial charge in [-0.1, -0.05) is 6.07 Å². The van der Waals surface area contributed by atoms with Gasteiger partial charge in [0.1, 0.15) is 11.6 Å². The van der Waals surface area contributed by atoms with Gasteiger partial charge in [-0.25, -0.2) is 8.78 Å². The van der Waals surface area contributed by atoms with Crippen LogP contribution in [0.25, 0.3) is 0 Å². The quantitative estimate of drug-likeness (QED) is 0.557. The van der Waals surface area contributed by atoms with Crippen molar-refractivity contribution in [2.24, 2.45) is 0 Å². The lowest BCUT2D eigenvalue weighted by atomic mass is 10.1. The number of hydrogen-bond acceptors (Lipinski definition) is 3. The van der Waals surface area contributed by atoms with E-state index in [0.29, 0.717) is 13.2 Å². The molecule has 18 heavy (non-hydrogen) atoms. The lowest BCUT2D eigenvalue weighted by Crippen LogP contribution is -2.22. The minimum absolute atomic E-state index is 0.209. The summed E-state index contributed by atoms with van der Waals surface area (Å²) in [6.45, 7) is 4.22. The number of Topliss-reactive ketones (excluding diaryl/α,β-unsaturated/α-hetero) is 1. The van der Waals surface area contributed by atoms with Crippen molar-refractivity contribution in [1.82, 2.24) is 0 Å². The zero-order chi connectivity index (χ0) is 13.5. The van der Waals surface area contributed by atoms with Crippen LogP contribution in [0, 0.1) is 11.6 Å². The van der Waals surface area contributed by atoms with Crippen LogP contribution < -0.4 is 0 Å². The van der Waals surface area contributed by atoms with Gasteiger partial charge in [-0.3, -0.25) is 4.79 Å². The van der Waals surface area contributed by atoms with Crippen LogP contribution in [0.1, 0.15) is 30.6 Å². The summed E-state index contributed by atoms with van der Waals surface area (Å²) in [6, 6.07) is 3.31. The van der Waals surface area contributed by atoms with Gasteiger partial charge in [0.15, 0.2) is 12.1 Å². The Bertz CT molecular complexity index is 381. The van der Waals surface area contributed by atoms with E-state index in [9.17, 15) is 13.6 Å². The molecule has 0 aromatic heterocycles. The predicted molar refractivity (Wildman–Crippen MR) is 62.3 cm³/mol. The number of benzene rings is 1. The van der Waals surface area contributed by atoms with Gasteiger partial charge >= 0.3 is 0 Å². The fourth-order valence-corrected chi connectivity index (χ4v) is 1.56. The maximum absolute atomic E-state index is 13.4. The molecule has 0 saturated carbocycles. The first-order valence-corrected chi connectivity index (χ1v) is 5.80. The maximum Gasteiger partial charge on any atom is 0.173 e. The third-order valence-electron chi connectivity index (χ3n) is 2.30. The molecule has 1 rings (SSSR count). The smallest absolute Gasteiger partial charge is 0.173 e. The Morgan fingerprint density at radius 1 is 1.17 bits per heavy atom. The first kappa shape index (κ1) is 14.7. The number of ketones is 1. The number of rotatable bonds is 7. The zero-order valence-electron chi connectivity index (χ0n) is 10.4. The number of ether oxygens (including phenoxy) is 2. The van der Waals surface area contributed by atoms with E-state index in [2.05, 4.69) is 0 Å². The van der Waals surface area contributed by atoms with E-state index in [0.717, 1.165) is 12.1 Å². The van der Waals surface area contributed by atoms with Crippen LogP contribution in [0.3, 0.4) is 0 Å². The van der Waals surface area contributed by atoms with Crippen LogP contribution in [0.5, 0.6) is 0 Å². The summed E-state index contributed by atoms with van der Waals surface area (Å²) in [7, 11) is 0. The van der Waals surface area contributed by atoms with Crippen molar-refractivity contribution in [2.75, 3.05) is 13.2 Å². The SMILES string of the molecule is CCOC(CC(=O)c1c(F)cccc1F)OCC.